The van der Waals surface area contributed by atoms with E-state index in [0.717, 1.165) is 32.6 Å². The Balaban J connectivity index is 2.21. The van der Waals surface area contributed by atoms with Gasteiger partial charge in [-0.2, -0.15) is 0 Å². The number of rotatable bonds is 4. The minimum Gasteiger partial charge on any atom is -0.379 e. The summed E-state index contributed by atoms with van der Waals surface area (Å²) >= 11 is 0. The molecule has 12 heavy (non-hydrogen) atoms. The first-order valence-electron chi connectivity index (χ1n) is 4.74. The minimum absolute atomic E-state index is 0.173. The monoisotopic (exact) mass is 172 g/mol. The second-order valence-corrected chi connectivity index (χ2v) is 3.91. The third kappa shape index (κ3) is 2.73. The van der Waals surface area contributed by atoms with E-state index in [4.69, 9.17) is 10.5 Å². The summed E-state index contributed by atoms with van der Waals surface area (Å²) in [6, 6.07) is 0.280. The van der Waals surface area contributed by atoms with Crippen molar-refractivity contribution in [3.05, 3.63) is 0 Å². The summed E-state index contributed by atoms with van der Waals surface area (Å²) < 4.78 is 5.32. The summed E-state index contributed by atoms with van der Waals surface area (Å²) in [5, 5.41) is 3.46. The molecule has 1 heterocycles. The van der Waals surface area contributed by atoms with Gasteiger partial charge in [-0.3, -0.25) is 0 Å². The van der Waals surface area contributed by atoms with E-state index >= 15 is 0 Å². The Morgan fingerprint density at radius 1 is 1.67 bits per heavy atom. The lowest BCUT2D eigenvalue weighted by molar-refractivity contribution is 0.171. The molecule has 0 spiro atoms. The topological polar surface area (TPSA) is 47.3 Å². The molecule has 3 heteroatoms. The minimum atomic E-state index is 0.173. The van der Waals surface area contributed by atoms with Crippen LogP contribution in [-0.2, 0) is 4.74 Å². The van der Waals surface area contributed by atoms with Gasteiger partial charge in [0.15, 0.2) is 0 Å². The first kappa shape index (κ1) is 9.96. The van der Waals surface area contributed by atoms with Crippen molar-refractivity contribution in [2.45, 2.75) is 38.3 Å². The Labute approximate surface area is 74.7 Å². The van der Waals surface area contributed by atoms with Crippen LogP contribution in [0.2, 0.25) is 0 Å². The van der Waals surface area contributed by atoms with Crippen LogP contribution in [0.3, 0.4) is 0 Å². The summed E-state index contributed by atoms with van der Waals surface area (Å²) in [5.74, 6) is 0. The van der Waals surface area contributed by atoms with Gasteiger partial charge in [-0.25, -0.2) is 0 Å². The maximum Gasteiger partial charge on any atom is 0.0646 e. The van der Waals surface area contributed by atoms with E-state index in [1.807, 2.05) is 0 Å². The normalized spacial score (nSPS) is 32.2. The third-order valence-electron chi connectivity index (χ3n) is 2.53. The summed E-state index contributed by atoms with van der Waals surface area (Å²) in [4.78, 5) is 0. The Morgan fingerprint density at radius 3 is 2.92 bits per heavy atom. The van der Waals surface area contributed by atoms with Crippen molar-refractivity contribution < 1.29 is 4.74 Å². The zero-order chi connectivity index (χ0) is 9.03. The first-order valence-corrected chi connectivity index (χ1v) is 4.74. The number of nitrogens with two attached hydrogens (primary N) is 1. The molecular weight excluding hydrogens is 152 g/mol. The highest BCUT2D eigenvalue weighted by atomic mass is 16.5. The second-order valence-electron chi connectivity index (χ2n) is 3.91. The fraction of sp³-hybridized carbons (Fsp3) is 1.00. The van der Waals surface area contributed by atoms with Crippen molar-refractivity contribution in [2.24, 2.45) is 5.73 Å². The number of hydrogen-bond donors (Lipinski definition) is 2. The van der Waals surface area contributed by atoms with Gasteiger partial charge in [-0.05, 0) is 19.8 Å². The van der Waals surface area contributed by atoms with Crippen molar-refractivity contribution in [3.8, 4) is 0 Å². The van der Waals surface area contributed by atoms with Gasteiger partial charge in [-0.15, -0.1) is 0 Å². The standard InChI is InChI=1S/C9H20N2O/c1-3-8(10)6-11-9(2)4-5-12-7-9/h8,11H,3-7,10H2,1-2H3. The zero-order valence-electron chi connectivity index (χ0n) is 8.10. The molecule has 1 fully saturated rings. The zero-order valence-corrected chi connectivity index (χ0v) is 8.10. The molecule has 1 saturated heterocycles. The largest absolute Gasteiger partial charge is 0.379 e. The van der Waals surface area contributed by atoms with Gasteiger partial charge in [0.1, 0.15) is 0 Å². The van der Waals surface area contributed by atoms with Crippen molar-refractivity contribution in [3.63, 3.8) is 0 Å². The molecule has 3 nitrogen and oxygen atoms in total. The lowest BCUT2D eigenvalue weighted by Gasteiger charge is -2.25. The van der Waals surface area contributed by atoms with E-state index in [1.165, 1.54) is 0 Å². The highest BCUT2D eigenvalue weighted by Gasteiger charge is 2.28. The van der Waals surface area contributed by atoms with Gasteiger partial charge in [0.25, 0.3) is 0 Å². The van der Waals surface area contributed by atoms with Crippen LogP contribution in [0.1, 0.15) is 26.7 Å². The lowest BCUT2D eigenvalue weighted by Crippen LogP contribution is -2.48. The Kier molecular flexibility index (Phi) is 3.50. The van der Waals surface area contributed by atoms with Crippen LogP contribution in [0.5, 0.6) is 0 Å². The highest BCUT2D eigenvalue weighted by molar-refractivity contribution is 4.87. The molecule has 0 radical (unpaired) electrons. The van der Waals surface area contributed by atoms with Crippen LogP contribution < -0.4 is 11.1 Å². The molecule has 3 N–H and O–H groups in total. The van der Waals surface area contributed by atoms with E-state index in [0.29, 0.717) is 0 Å². The maximum absolute atomic E-state index is 5.81. The van der Waals surface area contributed by atoms with Crippen molar-refractivity contribution in [1.29, 1.82) is 0 Å². The van der Waals surface area contributed by atoms with Crippen molar-refractivity contribution >= 4 is 0 Å². The van der Waals surface area contributed by atoms with E-state index in [9.17, 15) is 0 Å². The van der Waals surface area contributed by atoms with Crippen LogP contribution in [-0.4, -0.2) is 31.3 Å². The number of ether oxygens (including phenoxy) is 1. The van der Waals surface area contributed by atoms with E-state index in [1.54, 1.807) is 0 Å². The van der Waals surface area contributed by atoms with Gasteiger partial charge in [0.05, 0.1) is 6.61 Å². The molecule has 0 saturated carbocycles. The molecule has 0 aliphatic carbocycles. The lowest BCUT2D eigenvalue weighted by atomic mass is 10.0. The molecule has 0 bridgehead atoms. The van der Waals surface area contributed by atoms with Gasteiger partial charge < -0.3 is 15.8 Å². The fourth-order valence-electron chi connectivity index (χ4n) is 1.33. The molecule has 0 aromatic rings. The van der Waals surface area contributed by atoms with Crippen molar-refractivity contribution in [2.75, 3.05) is 19.8 Å². The molecule has 0 amide bonds. The predicted octanol–water partition coefficient (Wildman–Crippen LogP) is 0.492. The smallest absolute Gasteiger partial charge is 0.0646 e. The molecule has 0 aromatic heterocycles. The number of nitrogens with one attached hydrogen (secondary N) is 1. The van der Waals surface area contributed by atoms with E-state index in [-0.39, 0.29) is 11.6 Å². The molecular formula is C9H20N2O. The molecule has 2 atom stereocenters. The first-order chi connectivity index (χ1) is 5.66. The van der Waals surface area contributed by atoms with Gasteiger partial charge in [0.2, 0.25) is 0 Å². The Hall–Kier alpha value is -0.120. The molecule has 1 aliphatic rings. The molecule has 72 valence electrons. The fourth-order valence-corrected chi connectivity index (χ4v) is 1.33. The molecule has 1 rings (SSSR count). The van der Waals surface area contributed by atoms with Crippen molar-refractivity contribution in [1.82, 2.24) is 5.32 Å². The highest BCUT2D eigenvalue weighted by Crippen LogP contribution is 2.16. The van der Waals surface area contributed by atoms with Gasteiger partial charge in [-0.1, -0.05) is 6.92 Å². The van der Waals surface area contributed by atoms with Crippen LogP contribution in [0.4, 0.5) is 0 Å². The SMILES string of the molecule is CCC(N)CNC1(C)CCOC1. The van der Waals surface area contributed by atoms with E-state index < -0.39 is 0 Å². The second kappa shape index (κ2) is 4.21. The van der Waals surface area contributed by atoms with Crippen LogP contribution in [0.15, 0.2) is 0 Å². The van der Waals surface area contributed by atoms with Gasteiger partial charge >= 0.3 is 0 Å². The third-order valence-corrected chi connectivity index (χ3v) is 2.53. The average molecular weight is 172 g/mol. The van der Waals surface area contributed by atoms with E-state index in [2.05, 4.69) is 19.2 Å². The molecule has 0 aromatic carbocycles. The van der Waals surface area contributed by atoms with Crippen LogP contribution in [0.25, 0.3) is 0 Å². The summed E-state index contributed by atoms with van der Waals surface area (Å²) in [5.41, 5.74) is 5.98. The quantitative estimate of drug-likeness (QED) is 0.649. The molecule has 1 aliphatic heterocycles. The summed E-state index contributed by atoms with van der Waals surface area (Å²) in [6.07, 6.45) is 2.13. The van der Waals surface area contributed by atoms with Gasteiger partial charge in [0, 0.05) is 24.7 Å². The summed E-state index contributed by atoms with van der Waals surface area (Å²) in [6.45, 7) is 6.91. The Morgan fingerprint density at radius 2 is 2.42 bits per heavy atom. The van der Waals surface area contributed by atoms with Crippen LogP contribution in [0, 0.1) is 0 Å². The number of hydrogen-bond acceptors (Lipinski definition) is 3. The molecule has 2 unspecified atom stereocenters. The summed E-state index contributed by atoms with van der Waals surface area (Å²) in [7, 11) is 0. The Bertz CT molecular complexity index is 132. The maximum atomic E-state index is 5.81. The predicted molar refractivity (Wildman–Crippen MR) is 50.1 cm³/mol. The van der Waals surface area contributed by atoms with Crippen LogP contribution >= 0.6 is 0 Å². The average Bonchev–Trinajstić information content (AvgIpc) is 2.49.